The number of halogens is 1. The summed E-state index contributed by atoms with van der Waals surface area (Å²) in [4.78, 5) is 12.6. The Bertz CT molecular complexity index is 1340. The summed E-state index contributed by atoms with van der Waals surface area (Å²) in [5, 5.41) is 10.6. The van der Waals surface area contributed by atoms with E-state index in [1.165, 1.54) is 6.07 Å². The van der Waals surface area contributed by atoms with Crippen LogP contribution in [0.2, 0.25) is 5.02 Å². The van der Waals surface area contributed by atoms with Gasteiger partial charge in [0.15, 0.2) is 5.52 Å². The number of carbonyl (C=O) groups excluding carboxylic acids is 1. The number of sulfonamides is 1. The first kappa shape index (κ1) is 20.8. The molecule has 31 heavy (non-hydrogen) atoms. The molecular weight excluding hydrogens is 440 g/mol. The first-order valence-electron chi connectivity index (χ1n) is 9.21. The molecular formula is C21H17ClN4O4S. The molecule has 10 heteroatoms. The molecule has 0 saturated heterocycles. The number of rotatable bonds is 6. The minimum Gasteiger partial charge on any atom is -0.325 e. The van der Waals surface area contributed by atoms with Gasteiger partial charge in [-0.15, -0.1) is 0 Å². The van der Waals surface area contributed by atoms with Crippen LogP contribution >= 0.6 is 11.6 Å². The molecule has 0 atom stereocenters. The highest BCUT2D eigenvalue weighted by Gasteiger charge is 2.30. The number of aryl methyl sites for hydroxylation is 1. The lowest BCUT2D eigenvalue weighted by Crippen LogP contribution is -2.38. The van der Waals surface area contributed by atoms with E-state index in [0.29, 0.717) is 21.9 Å². The minimum atomic E-state index is -4.17. The molecule has 8 nitrogen and oxygen atoms in total. The van der Waals surface area contributed by atoms with Gasteiger partial charge >= 0.3 is 0 Å². The Labute approximate surface area is 183 Å². The van der Waals surface area contributed by atoms with Crippen molar-refractivity contribution < 1.29 is 17.8 Å². The molecule has 0 bridgehead atoms. The van der Waals surface area contributed by atoms with Gasteiger partial charge in [-0.05, 0) is 65.8 Å². The first-order chi connectivity index (χ1) is 14.8. The van der Waals surface area contributed by atoms with Crippen molar-refractivity contribution in [2.75, 3.05) is 16.2 Å². The Morgan fingerprint density at radius 2 is 1.74 bits per heavy atom. The largest absolute Gasteiger partial charge is 0.325 e. The topological polar surface area (TPSA) is 105 Å². The van der Waals surface area contributed by atoms with Crippen molar-refractivity contribution >= 4 is 49.9 Å². The second-order valence-corrected chi connectivity index (χ2v) is 9.06. The zero-order valence-electron chi connectivity index (χ0n) is 16.3. The third kappa shape index (κ3) is 4.37. The quantitative estimate of drug-likeness (QED) is 0.469. The maximum absolute atomic E-state index is 13.6. The third-order valence-corrected chi connectivity index (χ3v) is 6.61. The molecule has 0 spiro atoms. The van der Waals surface area contributed by atoms with Crippen LogP contribution in [0, 0.1) is 6.92 Å². The summed E-state index contributed by atoms with van der Waals surface area (Å²) < 4.78 is 32.9. The van der Waals surface area contributed by atoms with Crippen molar-refractivity contribution in [1.29, 1.82) is 0 Å². The van der Waals surface area contributed by atoms with Crippen LogP contribution in [0.25, 0.3) is 11.0 Å². The highest BCUT2D eigenvalue weighted by Crippen LogP contribution is 2.28. The minimum absolute atomic E-state index is 0.0951. The van der Waals surface area contributed by atoms with Gasteiger partial charge in [0.05, 0.1) is 5.69 Å². The average Bonchev–Trinajstić information content (AvgIpc) is 3.23. The predicted molar refractivity (Wildman–Crippen MR) is 118 cm³/mol. The van der Waals surface area contributed by atoms with Crippen molar-refractivity contribution in [3.63, 3.8) is 0 Å². The van der Waals surface area contributed by atoms with Crippen LogP contribution in [0.15, 0.2) is 76.3 Å². The van der Waals surface area contributed by atoms with Crippen LogP contribution < -0.4 is 9.62 Å². The maximum atomic E-state index is 13.6. The van der Waals surface area contributed by atoms with Gasteiger partial charge < -0.3 is 5.32 Å². The van der Waals surface area contributed by atoms with Gasteiger partial charge in [0.25, 0.3) is 10.0 Å². The molecule has 1 N–H and O–H groups in total. The molecule has 0 fully saturated rings. The zero-order valence-corrected chi connectivity index (χ0v) is 17.9. The van der Waals surface area contributed by atoms with Crippen LogP contribution in [0.1, 0.15) is 5.56 Å². The van der Waals surface area contributed by atoms with Gasteiger partial charge in [-0.3, -0.25) is 9.10 Å². The van der Waals surface area contributed by atoms with Crippen LogP contribution in [-0.2, 0) is 14.8 Å². The van der Waals surface area contributed by atoms with Gasteiger partial charge in [-0.1, -0.05) is 35.4 Å². The van der Waals surface area contributed by atoms with E-state index in [1.54, 1.807) is 60.7 Å². The molecule has 0 unspecified atom stereocenters. The summed E-state index contributed by atoms with van der Waals surface area (Å²) in [7, 11) is -4.17. The van der Waals surface area contributed by atoms with Crippen LogP contribution in [0.4, 0.5) is 11.4 Å². The van der Waals surface area contributed by atoms with Crippen molar-refractivity contribution in [1.82, 2.24) is 10.3 Å². The summed E-state index contributed by atoms with van der Waals surface area (Å²) in [6.07, 6.45) is 0. The van der Waals surface area contributed by atoms with E-state index in [0.717, 1.165) is 9.87 Å². The highest BCUT2D eigenvalue weighted by atomic mass is 35.5. The lowest BCUT2D eigenvalue weighted by molar-refractivity contribution is -0.114. The molecule has 0 aliphatic carbocycles. The third-order valence-electron chi connectivity index (χ3n) is 4.55. The molecule has 0 saturated carbocycles. The average molecular weight is 457 g/mol. The Balaban J connectivity index is 1.72. The fourth-order valence-electron chi connectivity index (χ4n) is 3.00. The molecule has 0 aliphatic rings. The second kappa shape index (κ2) is 8.37. The van der Waals surface area contributed by atoms with Gasteiger partial charge in [-0.2, -0.15) is 0 Å². The smallest absolute Gasteiger partial charge is 0.267 e. The van der Waals surface area contributed by atoms with E-state index in [-0.39, 0.29) is 10.4 Å². The van der Waals surface area contributed by atoms with Gasteiger partial charge in [0.2, 0.25) is 5.91 Å². The summed E-state index contributed by atoms with van der Waals surface area (Å²) >= 11 is 5.87. The zero-order chi connectivity index (χ0) is 22.0. The van der Waals surface area contributed by atoms with Crippen molar-refractivity contribution in [3.05, 3.63) is 77.3 Å². The molecule has 1 amide bonds. The maximum Gasteiger partial charge on any atom is 0.267 e. The fraction of sp³-hybridized carbons (Fsp3) is 0.0952. The Morgan fingerprint density at radius 3 is 2.45 bits per heavy atom. The molecule has 4 aromatic rings. The number of hydrogen-bond donors (Lipinski definition) is 1. The van der Waals surface area contributed by atoms with Crippen molar-refractivity contribution in [2.45, 2.75) is 11.8 Å². The van der Waals surface area contributed by atoms with E-state index < -0.39 is 22.5 Å². The second-order valence-electron chi connectivity index (χ2n) is 6.79. The van der Waals surface area contributed by atoms with E-state index in [1.807, 2.05) is 6.92 Å². The lowest BCUT2D eigenvalue weighted by atomic mass is 10.2. The molecule has 0 radical (unpaired) electrons. The summed E-state index contributed by atoms with van der Waals surface area (Å²) in [6.45, 7) is 1.44. The summed E-state index contributed by atoms with van der Waals surface area (Å²) in [6, 6.07) is 17.9. The van der Waals surface area contributed by atoms with Crippen molar-refractivity contribution in [3.8, 4) is 0 Å². The molecule has 158 valence electrons. The number of fused-ring (bicyclic) bond motifs is 1. The van der Waals surface area contributed by atoms with E-state index in [9.17, 15) is 13.2 Å². The van der Waals surface area contributed by atoms with Crippen LogP contribution in [0.5, 0.6) is 0 Å². The number of nitrogens with one attached hydrogen (secondary N) is 1. The van der Waals surface area contributed by atoms with E-state index >= 15 is 0 Å². The standard InChI is InChI=1S/C21H17ClN4O4S/c1-14-5-11-17(12-6-14)26(13-20(27)23-16-9-7-15(22)8-10-16)31(28,29)19-4-2-3-18-21(19)25-30-24-18/h2-12H,13H2,1H3,(H,23,27). The van der Waals surface area contributed by atoms with Gasteiger partial charge in [0, 0.05) is 10.7 Å². The molecule has 1 aromatic heterocycles. The normalized spacial score (nSPS) is 11.4. The van der Waals surface area contributed by atoms with Crippen LogP contribution in [-0.4, -0.2) is 31.2 Å². The number of nitrogens with zero attached hydrogens (tertiary/aromatic N) is 3. The molecule has 3 aromatic carbocycles. The Kier molecular flexibility index (Phi) is 5.62. The highest BCUT2D eigenvalue weighted by molar-refractivity contribution is 7.93. The molecule has 1 heterocycles. The fourth-order valence-corrected chi connectivity index (χ4v) is 4.69. The number of benzene rings is 3. The number of hydrogen-bond acceptors (Lipinski definition) is 6. The molecule has 0 aliphatic heterocycles. The lowest BCUT2D eigenvalue weighted by Gasteiger charge is -2.24. The molecule has 4 rings (SSSR count). The Hall–Kier alpha value is -3.43. The van der Waals surface area contributed by atoms with Crippen LogP contribution in [0.3, 0.4) is 0 Å². The summed E-state index contributed by atoms with van der Waals surface area (Å²) in [5.74, 6) is -0.517. The first-order valence-corrected chi connectivity index (χ1v) is 11.0. The van der Waals surface area contributed by atoms with Gasteiger partial charge in [-0.25, -0.2) is 13.0 Å². The van der Waals surface area contributed by atoms with Crippen molar-refractivity contribution in [2.24, 2.45) is 0 Å². The number of carbonyl (C=O) groups is 1. The van der Waals surface area contributed by atoms with Gasteiger partial charge in [0.1, 0.15) is 17.0 Å². The van der Waals surface area contributed by atoms with E-state index in [4.69, 9.17) is 16.2 Å². The van der Waals surface area contributed by atoms with E-state index in [2.05, 4.69) is 15.6 Å². The number of aromatic nitrogens is 2. The SMILES string of the molecule is Cc1ccc(N(CC(=O)Nc2ccc(Cl)cc2)S(=O)(=O)c2cccc3nonc23)cc1. The predicted octanol–water partition coefficient (Wildman–Crippen LogP) is 4.02. The summed E-state index contributed by atoms with van der Waals surface area (Å²) in [5.41, 5.74) is 2.19. The Morgan fingerprint density at radius 1 is 1.03 bits per heavy atom. The number of anilines is 2. The number of amides is 1. The monoisotopic (exact) mass is 456 g/mol.